The molecule has 3 N–H and O–H groups in total. The molecule has 1 saturated heterocycles. The monoisotopic (exact) mass is 609 g/mol. The molecule has 0 amide bonds. The molecule has 1 fully saturated rings. The van der Waals surface area contributed by atoms with Crippen LogP contribution in [0.1, 0.15) is 181 Å². The zero-order valence-electron chi connectivity index (χ0n) is 28.0. The Hall–Kier alpha value is -0.950. The molecule has 0 saturated carbocycles. The van der Waals surface area contributed by atoms with Crippen LogP contribution in [-0.4, -0.2) is 57.9 Å². The molecule has 6 atom stereocenters. The van der Waals surface area contributed by atoms with Crippen molar-refractivity contribution in [2.24, 2.45) is 0 Å². The van der Waals surface area contributed by atoms with Crippen LogP contribution >= 0.6 is 0 Å². The molecule has 0 spiro atoms. The van der Waals surface area contributed by atoms with Crippen LogP contribution in [0.4, 0.5) is 0 Å². The second-order valence-electron chi connectivity index (χ2n) is 13.7. The Bertz CT molecular complexity index is 724. The van der Waals surface area contributed by atoms with Crippen molar-refractivity contribution in [3.8, 4) is 0 Å². The highest BCUT2D eigenvalue weighted by molar-refractivity contribution is 5.90. The SMILES string of the molecule is CCCCCCCCCCCC[C@@H](O)[C@H]1CC[C@H]([C@H](O)C[C@H](O)CCCCCCCCCCCCC2=C[C@H](C)OC2=O)O1. The standard InChI is InChI=1S/C37H68O6/c1-3-4-5-6-7-8-13-16-19-22-25-33(39)35-26-27-36(43-35)34(40)29-32(38)24-21-18-15-12-10-9-11-14-17-20-23-31-28-30(2)42-37(31)41/h28,30,32-36,38-40H,3-27,29H2,1-2H3/t30-,32+,33+,34+,35+,36+/m0/s1. The van der Waals surface area contributed by atoms with E-state index in [2.05, 4.69) is 6.92 Å². The Morgan fingerprint density at radius 3 is 1.65 bits per heavy atom. The van der Waals surface area contributed by atoms with Crippen LogP contribution in [0, 0.1) is 0 Å². The number of hydrogen-bond donors (Lipinski definition) is 3. The van der Waals surface area contributed by atoms with Crippen molar-refractivity contribution in [2.75, 3.05) is 0 Å². The van der Waals surface area contributed by atoms with Crippen molar-refractivity contribution in [1.29, 1.82) is 0 Å². The van der Waals surface area contributed by atoms with Crippen molar-refractivity contribution >= 4 is 5.97 Å². The molecule has 2 rings (SSSR count). The fourth-order valence-electron chi connectivity index (χ4n) is 6.76. The van der Waals surface area contributed by atoms with Crippen molar-refractivity contribution < 1.29 is 29.6 Å². The summed E-state index contributed by atoms with van der Waals surface area (Å²) in [5, 5.41) is 31.7. The largest absolute Gasteiger partial charge is 0.455 e. The third-order valence-electron chi connectivity index (χ3n) is 9.54. The molecule has 6 nitrogen and oxygen atoms in total. The molecule has 6 heteroatoms. The van der Waals surface area contributed by atoms with Gasteiger partial charge in [0.2, 0.25) is 0 Å². The highest BCUT2D eigenvalue weighted by Gasteiger charge is 2.35. The minimum absolute atomic E-state index is 0.0542. The second-order valence-corrected chi connectivity index (χ2v) is 13.7. The molecule has 2 heterocycles. The lowest BCUT2D eigenvalue weighted by molar-refractivity contribution is -0.139. The van der Waals surface area contributed by atoms with Crippen LogP contribution in [0.3, 0.4) is 0 Å². The van der Waals surface area contributed by atoms with Crippen molar-refractivity contribution in [2.45, 2.75) is 217 Å². The summed E-state index contributed by atoms with van der Waals surface area (Å²) >= 11 is 0. The fraction of sp³-hybridized carbons (Fsp3) is 0.919. The molecule has 0 aromatic carbocycles. The maximum Gasteiger partial charge on any atom is 0.334 e. The lowest BCUT2D eigenvalue weighted by atomic mass is 9.98. The predicted octanol–water partition coefficient (Wildman–Crippen LogP) is 8.87. The summed E-state index contributed by atoms with van der Waals surface area (Å²) < 4.78 is 11.2. The van der Waals surface area contributed by atoms with E-state index in [1.54, 1.807) is 0 Å². The second kappa shape index (κ2) is 24.3. The quantitative estimate of drug-likeness (QED) is 0.0606. The maximum atomic E-state index is 11.6. The van der Waals surface area contributed by atoms with Gasteiger partial charge in [0.05, 0.1) is 30.5 Å². The van der Waals surface area contributed by atoms with E-state index in [0.29, 0.717) is 6.42 Å². The molecule has 0 aromatic heterocycles. The molecule has 0 aliphatic carbocycles. The third kappa shape index (κ3) is 18.0. The first-order chi connectivity index (χ1) is 20.9. The van der Waals surface area contributed by atoms with Crippen LogP contribution < -0.4 is 0 Å². The summed E-state index contributed by atoms with van der Waals surface area (Å²) in [4.78, 5) is 11.6. The average Bonchev–Trinajstić information content (AvgIpc) is 3.60. The molecular formula is C37H68O6. The van der Waals surface area contributed by atoms with Gasteiger partial charge in [-0.15, -0.1) is 0 Å². The first-order valence-electron chi connectivity index (χ1n) is 18.5. The van der Waals surface area contributed by atoms with Crippen LogP contribution in [0.2, 0.25) is 0 Å². The lowest BCUT2D eigenvalue weighted by Crippen LogP contribution is -2.33. The smallest absolute Gasteiger partial charge is 0.334 e. The molecular weight excluding hydrogens is 540 g/mol. The Labute approximate surface area is 264 Å². The van der Waals surface area contributed by atoms with Gasteiger partial charge in [-0.2, -0.15) is 0 Å². The topological polar surface area (TPSA) is 96.2 Å². The number of hydrogen-bond acceptors (Lipinski definition) is 6. The number of ether oxygens (including phenoxy) is 2. The van der Waals surface area contributed by atoms with Gasteiger partial charge in [-0.1, -0.05) is 129 Å². The molecule has 2 aliphatic heterocycles. The number of aliphatic hydroxyl groups is 3. The van der Waals surface area contributed by atoms with Gasteiger partial charge in [0.15, 0.2) is 0 Å². The van der Waals surface area contributed by atoms with Crippen LogP contribution in [-0.2, 0) is 14.3 Å². The summed E-state index contributed by atoms with van der Waals surface area (Å²) in [6.07, 6.45) is 28.9. The van der Waals surface area contributed by atoms with Gasteiger partial charge in [-0.05, 0) is 51.5 Å². The Morgan fingerprint density at radius 2 is 1.14 bits per heavy atom. The van der Waals surface area contributed by atoms with Gasteiger partial charge < -0.3 is 24.8 Å². The Balaban J connectivity index is 1.37. The van der Waals surface area contributed by atoms with Crippen LogP contribution in [0.25, 0.3) is 0 Å². The number of cyclic esters (lactones) is 1. The van der Waals surface area contributed by atoms with E-state index in [1.807, 2.05) is 13.0 Å². The number of esters is 1. The highest BCUT2D eigenvalue weighted by atomic mass is 16.5. The number of carbonyl (C=O) groups excluding carboxylic acids is 1. The van der Waals surface area contributed by atoms with Gasteiger partial charge in [0.1, 0.15) is 6.10 Å². The minimum Gasteiger partial charge on any atom is -0.455 e. The first-order valence-corrected chi connectivity index (χ1v) is 18.5. The normalized spacial score (nSPS) is 22.5. The number of rotatable bonds is 28. The van der Waals surface area contributed by atoms with Gasteiger partial charge in [-0.25, -0.2) is 4.79 Å². The molecule has 0 unspecified atom stereocenters. The van der Waals surface area contributed by atoms with Crippen molar-refractivity contribution in [3.05, 3.63) is 11.6 Å². The molecule has 43 heavy (non-hydrogen) atoms. The van der Waals surface area contributed by atoms with Crippen LogP contribution in [0.5, 0.6) is 0 Å². The van der Waals surface area contributed by atoms with E-state index in [0.717, 1.165) is 63.4 Å². The average molecular weight is 609 g/mol. The highest BCUT2D eigenvalue weighted by Crippen LogP contribution is 2.28. The first kappa shape index (κ1) is 38.2. The van der Waals surface area contributed by atoms with Gasteiger partial charge in [0.25, 0.3) is 0 Å². The number of carbonyl (C=O) groups is 1. The zero-order chi connectivity index (χ0) is 31.1. The number of aliphatic hydroxyl groups excluding tert-OH is 3. The van der Waals surface area contributed by atoms with Crippen molar-refractivity contribution in [1.82, 2.24) is 0 Å². The van der Waals surface area contributed by atoms with E-state index in [1.165, 1.54) is 103 Å². The van der Waals surface area contributed by atoms with Crippen molar-refractivity contribution in [3.63, 3.8) is 0 Å². The van der Waals surface area contributed by atoms with E-state index < -0.39 is 18.3 Å². The lowest BCUT2D eigenvalue weighted by Gasteiger charge is -2.23. The van der Waals surface area contributed by atoms with E-state index >= 15 is 0 Å². The predicted molar refractivity (Wildman–Crippen MR) is 176 cm³/mol. The minimum atomic E-state index is -0.656. The molecule has 0 bridgehead atoms. The van der Waals surface area contributed by atoms with Gasteiger partial charge >= 0.3 is 5.97 Å². The van der Waals surface area contributed by atoms with Gasteiger partial charge in [0, 0.05) is 12.0 Å². The van der Waals surface area contributed by atoms with E-state index in [9.17, 15) is 20.1 Å². The van der Waals surface area contributed by atoms with Gasteiger partial charge in [-0.3, -0.25) is 0 Å². The maximum absolute atomic E-state index is 11.6. The summed E-state index contributed by atoms with van der Waals surface area (Å²) in [5.41, 5.74) is 0.859. The number of unbranched alkanes of at least 4 members (excludes halogenated alkanes) is 18. The third-order valence-corrected chi connectivity index (χ3v) is 9.54. The van der Waals surface area contributed by atoms with E-state index in [-0.39, 0.29) is 24.3 Å². The summed E-state index contributed by atoms with van der Waals surface area (Å²) in [5.74, 6) is -0.127. The summed E-state index contributed by atoms with van der Waals surface area (Å²) in [6.45, 7) is 4.17. The molecule has 0 aromatic rings. The fourth-order valence-corrected chi connectivity index (χ4v) is 6.76. The Kier molecular flexibility index (Phi) is 21.6. The van der Waals surface area contributed by atoms with Crippen LogP contribution in [0.15, 0.2) is 11.6 Å². The Morgan fingerprint density at radius 1 is 0.674 bits per heavy atom. The van der Waals surface area contributed by atoms with E-state index in [4.69, 9.17) is 9.47 Å². The summed E-state index contributed by atoms with van der Waals surface area (Å²) in [6, 6.07) is 0. The molecule has 0 radical (unpaired) electrons. The zero-order valence-corrected chi connectivity index (χ0v) is 28.0. The molecule has 2 aliphatic rings. The summed E-state index contributed by atoms with van der Waals surface area (Å²) in [7, 11) is 0. The molecule has 252 valence electrons.